The van der Waals surface area contributed by atoms with E-state index in [1.807, 2.05) is 29.2 Å². The minimum Gasteiger partial charge on any atom is -0.377 e. The number of nitrogens with one attached hydrogen (secondary N) is 1. The number of carbonyl (C=O) groups is 1. The average molecular weight is 260 g/mol. The van der Waals surface area contributed by atoms with Gasteiger partial charge in [-0.1, -0.05) is 26.0 Å². The van der Waals surface area contributed by atoms with Crippen LogP contribution < -0.4 is 10.2 Å². The zero-order valence-corrected chi connectivity index (χ0v) is 12.4. The van der Waals surface area contributed by atoms with Gasteiger partial charge >= 0.3 is 0 Å². The first kappa shape index (κ1) is 13.9. The molecular weight excluding hydrogens is 236 g/mol. The first-order valence-electron chi connectivity index (χ1n) is 7.17. The van der Waals surface area contributed by atoms with Crippen LogP contribution in [0.4, 0.5) is 11.4 Å². The Kier molecular flexibility index (Phi) is 3.83. The third-order valence-electron chi connectivity index (χ3n) is 3.82. The summed E-state index contributed by atoms with van der Waals surface area (Å²) in [6.45, 7) is 9.17. The van der Waals surface area contributed by atoms with E-state index >= 15 is 0 Å². The molecule has 2 rings (SSSR count). The molecular formula is C16H24N2O. The summed E-state index contributed by atoms with van der Waals surface area (Å²) in [5.41, 5.74) is 1.98. The highest BCUT2D eigenvalue weighted by molar-refractivity contribution is 5.99. The fraction of sp³-hybridized carbons (Fsp3) is 0.562. The number of amides is 1. The molecule has 19 heavy (non-hydrogen) atoms. The second kappa shape index (κ2) is 5.24. The van der Waals surface area contributed by atoms with Crippen LogP contribution in [0.3, 0.4) is 0 Å². The molecule has 0 spiro atoms. The zero-order valence-electron chi connectivity index (χ0n) is 12.4. The summed E-state index contributed by atoms with van der Waals surface area (Å²) in [7, 11) is 0. The molecule has 0 unspecified atom stereocenters. The zero-order chi connectivity index (χ0) is 14.0. The van der Waals surface area contributed by atoms with Gasteiger partial charge in [-0.15, -0.1) is 0 Å². The van der Waals surface area contributed by atoms with Gasteiger partial charge in [0, 0.05) is 18.0 Å². The molecule has 1 aromatic rings. The maximum absolute atomic E-state index is 12.7. The Morgan fingerprint density at radius 1 is 1.32 bits per heavy atom. The van der Waals surface area contributed by atoms with Gasteiger partial charge in [-0.2, -0.15) is 0 Å². The van der Waals surface area contributed by atoms with E-state index < -0.39 is 0 Å². The van der Waals surface area contributed by atoms with Crippen molar-refractivity contribution in [1.82, 2.24) is 0 Å². The van der Waals surface area contributed by atoms with Crippen molar-refractivity contribution in [3.8, 4) is 0 Å². The van der Waals surface area contributed by atoms with Crippen LogP contribution in [0.5, 0.6) is 0 Å². The van der Waals surface area contributed by atoms with Gasteiger partial charge in [-0.05, 0) is 38.8 Å². The SMILES string of the molecule is CCC(CC)C(=O)N1CC(C)(C)Nc2ccccc21. The molecule has 1 aromatic carbocycles. The fourth-order valence-electron chi connectivity index (χ4n) is 2.75. The number of nitrogens with zero attached hydrogens (tertiary/aromatic N) is 1. The van der Waals surface area contributed by atoms with Crippen LogP contribution in [0.25, 0.3) is 0 Å². The second-order valence-corrected chi connectivity index (χ2v) is 5.96. The van der Waals surface area contributed by atoms with E-state index in [4.69, 9.17) is 0 Å². The Bertz CT molecular complexity index is 464. The Labute approximate surface area is 116 Å². The molecule has 3 heteroatoms. The molecule has 104 valence electrons. The largest absolute Gasteiger partial charge is 0.377 e. The smallest absolute Gasteiger partial charge is 0.230 e. The number of anilines is 2. The third kappa shape index (κ3) is 2.75. The van der Waals surface area contributed by atoms with E-state index in [1.54, 1.807) is 0 Å². The van der Waals surface area contributed by atoms with E-state index in [-0.39, 0.29) is 17.4 Å². The molecule has 0 fully saturated rings. The van der Waals surface area contributed by atoms with Crippen LogP contribution in [0.2, 0.25) is 0 Å². The normalized spacial score (nSPS) is 17.0. The van der Waals surface area contributed by atoms with Crippen LogP contribution in [0.1, 0.15) is 40.5 Å². The molecule has 1 N–H and O–H groups in total. The van der Waals surface area contributed by atoms with Crippen molar-refractivity contribution >= 4 is 17.3 Å². The number of benzene rings is 1. The highest BCUT2D eigenvalue weighted by atomic mass is 16.2. The molecule has 3 nitrogen and oxygen atoms in total. The Hall–Kier alpha value is -1.51. The summed E-state index contributed by atoms with van der Waals surface area (Å²) in [6, 6.07) is 8.07. The molecule has 0 saturated carbocycles. The van der Waals surface area contributed by atoms with Gasteiger partial charge in [0.2, 0.25) is 5.91 Å². The maximum Gasteiger partial charge on any atom is 0.230 e. The van der Waals surface area contributed by atoms with Crippen molar-refractivity contribution in [1.29, 1.82) is 0 Å². The van der Waals surface area contributed by atoms with Crippen molar-refractivity contribution in [2.45, 2.75) is 46.1 Å². The summed E-state index contributed by atoms with van der Waals surface area (Å²) in [4.78, 5) is 14.7. The molecule has 0 aromatic heterocycles. The molecule has 0 saturated heterocycles. The molecule has 1 amide bonds. The van der Waals surface area contributed by atoms with Crippen molar-refractivity contribution < 1.29 is 4.79 Å². The van der Waals surface area contributed by atoms with Crippen LogP contribution in [-0.4, -0.2) is 18.0 Å². The monoisotopic (exact) mass is 260 g/mol. The molecule has 0 atom stereocenters. The molecule has 0 bridgehead atoms. The lowest BCUT2D eigenvalue weighted by Gasteiger charge is -2.42. The number of fused-ring (bicyclic) bond motifs is 1. The number of rotatable bonds is 3. The van der Waals surface area contributed by atoms with E-state index in [2.05, 4.69) is 33.0 Å². The van der Waals surface area contributed by atoms with Crippen LogP contribution in [-0.2, 0) is 4.79 Å². The van der Waals surface area contributed by atoms with Gasteiger partial charge < -0.3 is 10.2 Å². The highest BCUT2D eigenvalue weighted by Gasteiger charge is 2.34. The van der Waals surface area contributed by atoms with E-state index in [0.717, 1.165) is 30.8 Å². The number of para-hydroxylation sites is 2. The Balaban J connectivity index is 2.37. The lowest BCUT2D eigenvalue weighted by molar-refractivity contribution is -0.122. The molecule has 1 aliphatic heterocycles. The summed E-state index contributed by atoms with van der Waals surface area (Å²) in [6.07, 6.45) is 1.81. The minimum atomic E-state index is -0.0873. The Morgan fingerprint density at radius 3 is 2.58 bits per heavy atom. The lowest BCUT2D eigenvalue weighted by atomic mass is 9.95. The minimum absolute atomic E-state index is 0.0873. The highest BCUT2D eigenvalue weighted by Crippen LogP contribution is 2.35. The van der Waals surface area contributed by atoms with Crippen molar-refractivity contribution in [3.63, 3.8) is 0 Å². The molecule has 1 heterocycles. The molecule has 0 radical (unpaired) electrons. The van der Waals surface area contributed by atoms with Crippen LogP contribution in [0, 0.1) is 5.92 Å². The van der Waals surface area contributed by atoms with Crippen molar-refractivity contribution in [3.05, 3.63) is 24.3 Å². The predicted molar refractivity (Wildman–Crippen MR) is 80.6 cm³/mol. The number of hydrogen-bond acceptors (Lipinski definition) is 2. The standard InChI is InChI=1S/C16H24N2O/c1-5-12(6-2)15(19)18-11-16(3,4)17-13-9-7-8-10-14(13)18/h7-10,12,17H,5-6,11H2,1-4H3. The first-order valence-corrected chi connectivity index (χ1v) is 7.17. The fourth-order valence-corrected chi connectivity index (χ4v) is 2.75. The average Bonchev–Trinajstić information content (AvgIpc) is 2.38. The van der Waals surface area contributed by atoms with Gasteiger partial charge in [0.15, 0.2) is 0 Å². The van der Waals surface area contributed by atoms with Gasteiger partial charge in [-0.3, -0.25) is 4.79 Å². The van der Waals surface area contributed by atoms with Gasteiger partial charge in [-0.25, -0.2) is 0 Å². The van der Waals surface area contributed by atoms with E-state index in [9.17, 15) is 4.79 Å². The topological polar surface area (TPSA) is 32.3 Å². The third-order valence-corrected chi connectivity index (χ3v) is 3.82. The Morgan fingerprint density at radius 2 is 1.95 bits per heavy atom. The van der Waals surface area contributed by atoms with Gasteiger partial charge in [0.25, 0.3) is 0 Å². The van der Waals surface area contributed by atoms with E-state index in [0.29, 0.717) is 0 Å². The number of hydrogen-bond donors (Lipinski definition) is 1. The quantitative estimate of drug-likeness (QED) is 0.899. The predicted octanol–water partition coefficient (Wildman–Crippen LogP) is 3.66. The summed E-state index contributed by atoms with van der Waals surface area (Å²) in [5.74, 6) is 0.383. The molecule has 0 aliphatic carbocycles. The van der Waals surface area contributed by atoms with Gasteiger partial charge in [0.1, 0.15) is 0 Å². The van der Waals surface area contributed by atoms with Crippen molar-refractivity contribution in [2.24, 2.45) is 5.92 Å². The van der Waals surface area contributed by atoms with Crippen molar-refractivity contribution in [2.75, 3.05) is 16.8 Å². The first-order chi connectivity index (χ1) is 8.98. The lowest BCUT2D eigenvalue weighted by Crippen LogP contribution is -2.52. The number of carbonyl (C=O) groups excluding carboxylic acids is 1. The summed E-state index contributed by atoms with van der Waals surface area (Å²) in [5, 5.41) is 3.50. The van der Waals surface area contributed by atoms with Gasteiger partial charge in [0.05, 0.1) is 11.4 Å². The molecule has 1 aliphatic rings. The van der Waals surface area contributed by atoms with E-state index in [1.165, 1.54) is 0 Å². The summed E-state index contributed by atoms with van der Waals surface area (Å²) < 4.78 is 0. The van der Waals surface area contributed by atoms with Crippen LogP contribution >= 0.6 is 0 Å². The van der Waals surface area contributed by atoms with Crippen LogP contribution in [0.15, 0.2) is 24.3 Å². The maximum atomic E-state index is 12.7. The second-order valence-electron chi connectivity index (χ2n) is 5.96. The summed E-state index contributed by atoms with van der Waals surface area (Å²) >= 11 is 0.